The number of hydrogen-bond donors (Lipinski definition) is 3. The van der Waals surface area contributed by atoms with Crippen LogP contribution in [0.4, 0.5) is 11.4 Å². The zero-order valence-corrected chi connectivity index (χ0v) is 12.2. The molecule has 1 rings (SSSR count). The number of nitrogens with zero attached hydrogens (tertiary/aromatic N) is 1. The first-order chi connectivity index (χ1) is 9.29. The molecule has 1 aromatic carbocycles. The van der Waals surface area contributed by atoms with Gasteiger partial charge in [0.2, 0.25) is 5.91 Å². The van der Waals surface area contributed by atoms with Crippen molar-refractivity contribution in [3.05, 3.63) is 23.8 Å². The molecule has 0 radical (unpaired) electrons. The highest BCUT2D eigenvalue weighted by molar-refractivity contribution is 5.96. The lowest BCUT2D eigenvalue weighted by atomic mass is 10.1. The van der Waals surface area contributed by atoms with Crippen LogP contribution in [-0.4, -0.2) is 48.6 Å². The SMILES string of the molecule is Cc1ccc(NC(=O)C(C)O)cc1NC(=O)CN(C)C. The second-order valence-corrected chi connectivity index (χ2v) is 4.98. The van der Waals surface area contributed by atoms with E-state index in [0.29, 0.717) is 11.4 Å². The van der Waals surface area contributed by atoms with Crippen LogP contribution in [0.1, 0.15) is 12.5 Å². The summed E-state index contributed by atoms with van der Waals surface area (Å²) >= 11 is 0. The summed E-state index contributed by atoms with van der Waals surface area (Å²) in [5.41, 5.74) is 2.06. The summed E-state index contributed by atoms with van der Waals surface area (Å²) in [5, 5.41) is 14.5. The van der Waals surface area contributed by atoms with Crippen molar-refractivity contribution in [3.8, 4) is 0 Å². The number of anilines is 2. The molecule has 110 valence electrons. The number of amides is 2. The van der Waals surface area contributed by atoms with Gasteiger partial charge >= 0.3 is 0 Å². The number of aryl methyl sites for hydroxylation is 1. The third-order valence-corrected chi connectivity index (χ3v) is 2.62. The molecule has 0 spiro atoms. The fraction of sp³-hybridized carbons (Fsp3) is 0.429. The van der Waals surface area contributed by atoms with Gasteiger partial charge in [-0.05, 0) is 45.6 Å². The van der Waals surface area contributed by atoms with Crippen LogP contribution >= 0.6 is 0 Å². The molecule has 1 aromatic rings. The Morgan fingerprint density at radius 1 is 1.30 bits per heavy atom. The molecule has 0 aliphatic rings. The van der Waals surface area contributed by atoms with E-state index in [-0.39, 0.29) is 12.5 Å². The number of hydrogen-bond acceptors (Lipinski definition) is 4. The maximum Gasteiger partial charge on any atom is 0.252 e. The van der Waals surface area contributed by atoms with E-state index in [0.717, 1.165) is 5.56 Å². The van der Waals surface area contributed by atoms with Gasteiger partial charge in [-0.1, -0.05) is 6.07 Å². The number of nitrogens with one attached hydrogen (secondary N) is 2. The molecule has 1 unspecified atom stereocenters. The molecule has 0 aromatic heterocycles. The summed E-state index contributed by atoms with van der Waals surface area (Å²) in [4.78, 5) is 24.9. The lowest BCUT2D eigenvalue weighted by molar-refractivity contribution is -0.123. The zero-order valence-electron chi connectivity index (χ0n) is 12.2. The Hall–Kier alpha value is -1.92. The molecule has 3 N–H and O–H groups in total. The van der Waals surface area contributed by atoms with Gasteiger partial charge in [0, 0.05) is 11.4 Å². The van der Waals surface area contributed by atoms with Gasteiger partial charge in [0.15, 0.2) is 0 Å². The first kappa shape index (κ1) is 16.1. The van der Waals surface area contributed by atoms with E-state index >= 15 is 0 Å². The average Bonchev–Trinajstić information content (AvgIpc) is 2.32. The standard InChI is InChI=1S/C14H21N3O3/c1-9-5-6-11(15-14(20)10(2)18)7-12(9)16-13(19)8-17(3)4/h5-7,10,18H,8H2,1-4H3,(H,15,20)(H,16,19). The Morgan fingerprint density at radius 2 is 1.95 bits per heavy atom. The summed E-state index contributed by atoms with van der Waals surface area (Å²) in [7, 11) is 3.62. The van der Waals surface area contributed by atoms with E-state index in [1.807, 2.05) is 21.0 Å². The van der Waals surface area contributed by atoms with Gasteiger partial charge in [-0.2, -0.15) is 0 Å². The van der Waals surface area contributed by atoms with Gasteiger partial charge in [-0.3, -0.25) is 9.59 Å². The van der Waals surface area contributed by atoms with Gasteiger partial charge < -0.3 is 20.6 Å². The van der Waals surface area contributed by atoms with Crippen LogP contribution in [0.3, 0.4) is 0 Å². The van der Waals surface area contributed by atoms with Crippen LogP contribution in [-0.2, 0) is 9.59 Å². The summed E-state index contributed by atoms with van der Waals surface area (Å²) in [6.07, 6.45) is -1.08. The second kappa shape index (κ2) is 7.02. The predicted octanol–water partition coefficient (Wildman–Crippen LogP) is 0.814. The Labute approximate surface area is 118 Å². The van der Waals surface area contributed by atoms with Crippen LogP contribution in [0.25, 0.3) is 0 Å². The van der Waals surface area contributed by atoms with E-state index in [1.54, 1.807) is 23.1 Å². The molecule has 0 aliphatic heterocycles. The van der Waals surface area contributed by atoms with E-state index < -0.39 is 12.0 Å². The van der Waals surface area contributed by atoms with Crippen LogP contribution in [0, 0.1) is 6.92 Å². The van der Waals surface area contributed by atoms with Crippen molar-refractivity contribution in [1.82, 2.24) is 4.90 Å². The molecule has 0 fully saturated rings. The van der Waals surface area contributed by atoms with Crippen molar-refractivity contribution < 1.29 is 14.7 Å². The molecular formula is C14H21N3O3. The van der Waals surface area contributed by atoms with Gasteiger partial charge in [0.1, 0.15) is 6.10 Å². The Morgan fingerprint density at radius 3 is 2.50 bits per heavy atom. The fourth-order valence-electron chi connectivity index (χ4n) is 1.56. The Kier molecular flexibility index (Phi) is 5.66. The molecule has 0 heterocycles. The van der Waals surface area contributed by atoms with Crippen molar-refractivity contribution >= 4 is 23.2 Å². The molecule has 2 amide bonds. The van der Waals surface area contributed by atoms with E-state index in [9.17, 15) is 9.59 Å². The maximum absolute atomic E-state index is 11.7. The maximum atomic E-state index is 11.7. The summed E-state index contributed by atoms with van der Waals surface area (Å²) in [5.74, 6) is -0.614. The number of benzene rings is 1. The first-order valence-electron chi connectivity index (χ1n) is 6.33. The predicted molar refractivity (Wildman–Crippen MR) is 78.7 cm³/mol. The fourth-order valence-corrected chi connectivity index (χ4v) is 1.56. The minimum absolute atomic E-state index is 0.128. The molecular weight excluding hydrogens is 258 g/mol. The topological polar surface area (TPSA) is 81.7 Å². The quantitative estimate of drug-likeness (QED) is 0.745. The average molecular weight is 279 g/mol. The second-order valence-electron chi connectivity index (χ2n) is 4.98. The van der Waals surface area contributed by atoms with Crippen molar-refractivity contribution in [3.63, 3.8) is 0 Å². The smallest absolute Gasteiger partial charge is 0.252 e. The minimum atomic E-state index is -1.08. The molecule has 6 nitrogen and oxygen atoms in total. The third kappa shape index (κ3) is 4.99. The van der Waals surface area contributed by atoms with Crippen molar-refractivity contribution in [1.29, 1.82) is 0 Å². The minimum Gasteiger partial charge on any atom is -0.384 e. The number of carbonyl (C=O) groups is 2. The number of rotatable bonds is 5. The lowest BCUT2D eigenvalue weighted by Crippen LogP contribution is -2.27. The molecule has 20 heavy (non-hydrogen) atoms. The first-order valence-corrected chi connectivity index (χ1v) is 6.33. The molecule has 0 saturated carbocycles. The number of likely N-dealkylation sites (N-methyl/N-ethyl adjacent to an activating group) is 1. The monoisotopic (exact) mass is 279 g/mol. The number of aliphatic hydroxyl groups is 1. The van der Waals surface area contributed by atoms with Crippen LogP contribution < -0.4 is 10.6 Å². The third-order valence-electron chi connectivity index (χ3n) is 2.62. The number of aliphatic hydroxyl groups excluding tert-OH is 1. The van der Waals surface area contributed by atoms with Crippen LogP contribution in [0.5, 0.6) is 0 Å². The summed E-state index contributed by atoms with van der Waals surface area (Å²) < 4.78 is 0. The molecule has 6 heteroatoms. The highest BCUT2D eigenvalue weighted by Crippen LogP contribution is 2.20. The molecule has 0 aliphatic carbocycles. The van der Waals surface area contributed by atoms with Crippen molar-refractivity contribution in [2.45, 2.75) is 20.0 Å². The van der Waals surface area contributed by atoms with E-state index in [1.165, 1.54) is 6.92 Å². The van der Waals surface area contributed by atoms with Gasteiger partial charge in [-0.15, -0.1) is 0 Å². The Balaban J connectivity index is 2.81. The van der Waals surface area contributed by atoms with Gasteiger partial charge in [-0.25, -0.2) is 0 Å². The zero-order chi connectivity index (χ0) is 15.3. The largest absolute Gasteiger partial charge is 0.384 e. The van der Waals surface area contributed by atoms with Crippen molar-refractivity contribution in [2.24, 2.45) is 0 Å². The van der Waals surface area contributed by atoms with E-state index in [4.69, 9.17) is 5.11 Å². The highest BCUT2D eigenvalue weighted by atomic mass is 16.3. The Bertz CT molecular complexity index is 498. The molecule has 0 bridgehead atoms. The summed E-state index contributed by atoms with van der Waals surface area (Å²) in [6.45, 7) is 3.54. The van der Waals surface area contributed by atoms with Gasteiger partial charge in [0.05, 0.1) is 6.54 Å². The van der Waals surface area contributed by atoms with Crippen LogP contribution in [0.15, 0.2) is 18.2 Å². The normalized spacial score (nSPS) is 12.1. The van der Waals surface area contributed by atoms with Crippen LogP contribution in [0.2, 0.25) is 0 Å². The van der Waals surface area contributed by atoms with Gasteiger partial charge in [0.25, 0.3) is 5.91 Å². The molecule has 0 saturated heterocycles. The van der Waals surface area contributed by atoms with E-state index in [2.05, 4.69) is 10.6 Å². The number of carbonyl (C=O) groups excluding carboxylic acids is 2. The highest BCUT2D eigenvalue weighted by Gasteiger charge is 2.11. The summed E-state index contributed by atoms with van der Waals surface area (Å²) in [6, 6.07) is 5.18. The lowest BCUT2D eigenvalue weighted by Gasteiger charge is -2.14. The molecule has 1 atom stereocenters. The van der Waals surface area contributed by atoms with Crippen molar-refractivity contribution in [2.75, 3.05) is 31.3 Å².